The van der Waals surface area contributed by atoms with Crippen LogP contribution in [-0.4, -0.2) is 36.6 Å². The number of carbonyl (C=O) groups is 3. The standard InChI is InChI=1S/C18H14ClNO6/c1-3-25-15-13(19)8-10(9-14(15)24-2)18(23)26-20-16(21)11-6-4-5-7-12(11)17(20)22/h4-9H,3H2,1-2H3. The highest BCUT2D eigenvalue weighted by atomic mass is 35.5. The Labute approximate surface area is 154 Å². The summed E-state index contributed by atoms with van der Waals surface area (Å²) in [5.74, 6) is -1.82. The summed E-state index contributed by atoms with van der Waals surface area (Å²) in [5.41, 5.74) is 0.354. The lowest BCUT2D eigenvalue weighted by Gasteiger charge is -2.15. The zero-order valence-corrected chi connectivity index (χ0v) is 14.7. The number of methoxy groups -OCH3 is 1. The molecule has 0 spiro atoms. The number of hydrogen-bond donors (Lipinski definition) is 0. The van der Waals surface area contributed by atoms with E-state index in [-0.39, 0.29) is 33.2 Å². The van der Waals surface area contributed by atoms with Crippen molar-refractivity contribution in [3.05, 3.63) is 58.1 Å². The molecular weight excluding hydrogens is 362 g/mol. The van der Waals surface area contributed by atoms with E-state index in [0.29, 0.717) is 11.7 Å². The highest BCUT2D eigenvalue weighted by Crippen LogP contribution is 2.36. The number of halogens is 1. The minimum Gasteiger partial charge on any atom is -0.493 e. The monoisotopic (exact) mass is 375 g/mol. The first-order valence-corrected chi connectivity index (χ1v) is 8.06. The van der Waals surface area contributed by atoms with Crippen molar-refractivity contribution in [1.82, 2.24) is 5.06 Å². The molecule has 2 aromatic rings. The van der Waals surface area contributed by atoms with Gasteiger partial charge < -0.3 is 14.3 Å². The molecule has 2 aromatic carbocycles. The van der Waals surface area contributed by atoms with Gasteiger partial charge in [-0.3, -0.25) is 9.59 Å². The van der Waals surface area contributed by atoms with Crippen LogP contribution in [0.15, 0.2) is 36.4 Å². The molecule has 1 aliphatic rings. The largest absolute Gasteiger partial charge is 0.493 e. The number of ether oxygens (including phenoxy) is 2. The molecule has 134 valence electrons. The Bertz CT molecular complexity index is 876. The number of fused-ring (bicyclic) bond motifs is 1. The number of hydroxylamine groups is 2. The van der Waals surface area contributed by atoms with E-state index in [0.717, 1.165) is 0 Å². The molecule has 2 amide bonds. The molecular formula is C18H14ClNO6. The van der Waals surface area contributed by atoms with E-state index >= 15 is 0 Å². The lowest BCUT2D eigenvalue weighted by atomic mass is 10.1. The molecule has 0 saturated carbocycles. The highest BCUT2D eigenvalue weighted by molar-refractivity contribution is 6.32. The lowest BCUT2D eigenvalue weighted by Crippen LogP contribution is -2.32. The van der Waals surface area contributed by atoms with Gasteiger partial charge in [0, 0.05) is 0 Å². The van der Waals surface area contributed by atoms with Crippen molar-refractivity contribution in [3.63, 3.8) is 0 Å². The molecule has 0 bridgehead atoms. The molecule has 3 rings (SSSR count). The number of hydrogen-bond acceptors (Lipinski definition) is 6. The molecule has 0 N–H and O–H groups in total. The minimum atomic E-state index is -0.928. The number of imide groups is 1. The molecule has 0 saturated heterocycles. The Hall–Kier alpha value is -3.06. The van der Waals surface area contributed by atoms with Crippen LogP contribution in [-0.2, 0) is 4.84 Å². The van der Waals surface area contributed by atoms with Crippen LogP contribution >= 0.6 is 11.6 Å². The number of nitrogens with zero attached hydrogens (tertiary/aromatic N) is 1. The lowest BCUT2D eigenvalue weighted by molar-refractivity contribution is -0.0584. The zero-order chi connectivity index (χ0) is 18.8. The zero-order valence-electron chi connectivity index (χ0n) is 13.9. The maximum absolute atomic E-state index is 12.4. The fourth-order valence-electron chi connectivity index (χ4n) is 2.51. The first-order valence-electron chi connectivity index (χ1n) is 7.68. The Kier molecular flexibility index (Phi) is 4.81. The van der Waals surface area contributed by atoms with E-state index in [1.54, 1.807) is 19.1 Å². The van der Waals surface area contributed by atoms with Crippen molar-refractivity contribution in [2.45, 2.75) is 6.92 Å². The third kappa shape index (κ3) is 2.97. The Morgan fingerprint density at radius 3 is 2.27 bits per heavy atom. The summed E-state index contributed by atoms with van der Waals surface area (Å²) in [6.45, 7) is 2.13. The van der Waals surface area contributed by atoms with Crippen molar-refractivity contribution >= 4 is 29.4 Å². The Morgan fingerprint density at radius 1 is 1.12 bits per heavy atom. The van der Waals surface area contributed by atoms with Gasteiger partial charge >= 0.3 is 5.97 Å². The van der Waals surface area contributed by atoms with Crippen molar-refractivity contribution < 1.29 is 28.7 Å². The van der Waals surface area contributed by atoms with E-state index in [1.165, 1.54) is 31.4 Å². The van der Waals surface area contributed by atoms with Crippen LogP contribution < -0.4 is 9.47 Å². The van der Waals surface area contributed by atoms with E-state index < -0.39 is 17.8 Å². The quantitative estimate of drug-likeness (QED) is 0.747. The van der Waals surface area contributed by atoms with E-state index in [2.05, 4.69) is 0 Å². The summed E-state index contributed by atoms with van der Waals surface area (Å²) in [7, 11) is 1.40. The van der Waals surface area contributed by atoms with Crippen LogP contribution in [0.4, 0.5) is 0 Å². The molecule has 26 heavy (non-hydrogen) atoms. The smallest absolute Gasteiger partial charge is 0.364 e. The van der Waals surface area contributed by atoms with Crippen molar-refractivity contribution in [1.29, 1.82) is 0 Å². The fourth-order valence-corrected chi connectivity index (χ4v) is 2.77. The van der Waals surface area contributed by atoms with Crippen LogP contribution in [0.1, 0.15) is 38.0 Å². The first kappa shape index (κ1) is 17.8. The van der Waals surface area contributed by atoms with Crippen LogP contribution in [0.5, 0.6) is 11.5 Å². The van der Waals surface area contributed by atoms with Crippen molar-refractivity contribution in [3.8, 4) is 11.5 Å². The molecule has 0 radical (unpaired) electrons. The molecule has 0 fully saturated rings. The van der Waals surface area contributed by atoms with Gasteiger partial charge in [0.05, 0.1) is 35.4 Å². The molecule has 0 aliphatic carbocycles. The normalized spacial score (nSPS) is 12.8. The summed E-state index contributed by atoms with van der Waals surface area (Å²) < 4.78 is 10.5. The maximum Gasteiger partial charge on any atom is 0.364 e. The summed E-state index contributed by atoms with van der Waals surface area (Å²) in [6.07, 6.45) is 0. The van der Waals surface area contributed by atoms with Gasteiger partial charge in [0.2, 0.25) is 0 Å². The van der Waals surface area contributed by atoms with E-state index in [1.807, 2.05) is 0 Å². The molecule has 0 unspecified atom stereocenters. The van der Waals surface area contributed by atoms with E-state index in [9.17, 15) is 14.4 Å². The average molecular weight is 376 g/mol. The number of benzene rings is 2. The summed E-state index contributed by atoms with van der Waals surface area (Å²) in [5, 5.41) is 0.574. The molecule has 1 heterocycles. The topological polar surface area (TPSA) is 82.1 Å². The third-order valence-electron chi connectivity index (χ3n) is 3.68. The molecule has 1 aliphatic heterocycles. The van der Waals surface area contributed by atoms with Gasteiger partial charge in [0.1, 0.15) is 0 Å². The summed E-state index contributed by atoms with van der Waals surface area (Å²) in [4.78, 5) is 41.9. The predicted octanol–water partition coefficient (Wildman–Crippen LogP) is 3.12. The van der Waals surface area contributed by atoms with Gasteiger partial charge in [-0.05, 0) is 31.2 Å². The first-order chi connectivity index (χ1) is 12.5. The van der Waals surface area contributed by atoms with Crippen LogP contribution in [0.3, 0.4) is 0 Å². The minimum absolute atomic E-state index is 0.00635. The van der Waals surface area contributed by atoms with Crippen molar-refractivity contribution in [2.24, 2.45) is 0 Å². The summed E-state index contributed by atoms with van der Waals surface area (Å²) in [6, 6.07) is 8.88. The van der Waals surface area contributed by atoms with Gasteiger partial charge in [-0.15, -0.1) is 0 Å². The predicted molar refractivity (Wildman–Crippen MR) is 91.5 cm³/mol. The second-order valence-electron chi connectivity index (χ2n) is 5.25. The van der Waals surface area contributed by atoms with Crippen molar-refractivity contribution in [2.75, 3.05) is 13.7 Å². The highest BCUT2D eigenvalue weighted by Gasteiger charge is 2.39. The Morgan fingerprint density at radius 2 is 1.73 bits per heavy atom. The maximum atomic E-state index is 12.4. The average Bonchev–Trinajstić information content (AvgIpc) is 2.88. The molecule has 7 nitrogen and oxygen atoms in total. The summed E-state index contributed by atoms with van der Waals surface area (Å²) >= 11 is 6.12. The van der Waals surface area contributed by atoms with Gasteiger partial charge in [0.15, 0.2) is 11.5 Å². The number of amides is 2. The number of carbonyl (C=O) groups excluding carboxylic acids is 3. The second kappa shape index (κ2) is 7.05. The van der Waals surface area contributed by atoms with Crippen LogP contribution in [0.25, 0.3) is 0 Å². The van der Waals surface area contributed by atoms with Gasteiger partial charge in [-0.1, -0.05) is 28.8 Å². The molecule has 0 atom stereocenters. The van der Waals surface area contributed by atoms with Gasteiger partial charge in [-0.25, -0.2) is 4.79 Å². The molecule has 0 aromatic heterocycles. The van der Waals surface area contributed by atoms with Crippen LogP contribution in [0.2, 0.25) is 5.02 Å². The van der Waals surface area contributed by atoms with Gasteiger partial charge in [-0.2, -0.15) is 0 Å². The SMILES string of the molecule is CCOc1c(Cl)cc(C(=O)ON2C(=O)c3ccccc3C2=O)cc1OC. The molecule has 8 heteroatoms. The number of rotatable bonds is 5. The third-order valence-corrected chi connectivity index (χ3v) is 3.97. The van der Waals surface area contributed by atoms with Crippen LogP contribution in [0, 0.1) is 0 Å². The van der Waals surface area contributed by atoms with E-state index in [4.69, 9.17) is 25.9 Å². The second-order valence-corrected chi connectivity index (χ2v) is 5.66. The van der Waals surface area contributed by atoms with Gasteiger partial charge in [0.25, 0.3) is 11.8 Å². The Balaban J connectivity index is 1.86. The fraction of sp³-hybridized carbons (Fsp3) is 0.167.